The van der Waals surface area contributed by atoms with Crippen molar-refractivity contribution in [1.82, 2.24) is 0 Å². The summed E-state index contributed by atoms with van der Waals surface area (Å²) < 4.78 is 12.9. The zero-order chi connectivity index (χ0) is 50.1. The Morgan fingerprint density at radius 1 is 0.542 bits per heavy atom. The first-order valence-electron chi connectivity index (χ1n) is 26.7. The fourth-order valence-corrected chi connectivity index (χ4v) is 11.4. The normalized spacial score (nSPS) is 18.4. The van der Waals surface area contributed by atoms with Crippen LogP contribution in [0.3, 0.4) is 0 Å². The molecule has 3 aliphatic rings. The Balaban J connectivity index is 1.08. The fraction of sp³-hybridized carbons (Fsp3) is 0.381. The number of aryl methyl sites for hydroxylation is 1. The maximum Gasteiger partial charge on any atom is 0.200 e. The highest BCUT2D eigenvalue weighted by Gasteiger charge is 2.41. The summed E-state index contributed by atoms with van der Waals surface area (Å²) in [7, 11) is 0. The van der Waals surface area contributed by atoms with Crippen LogP contribution in [0.15, 0.2) is 109 Å². The lowest BCUT2D eigenvalue weighted by molar-refractivity contribution is 0.0974. The molecule has 0 heterocycles. The van der Waals surface area contributed by atoms with Crippen molar-refractivity contribution in [3.8, 4) is 40.6 Å². The summed E-state index contributed by atoms with van der Waals surface area (Å²) in [5.41, 5.74) is 4.72. The van der Waals surface area contributed by atoms with Crippen LogP contribution in [0, 0.1) is 23.2 Å². The first kappa shape index (κ1) is 49.9. The van der Waals surface area contributed by atoms with Gasteiger partial charge in [0.15, 0.2) is 23.0 Å². The molecule has 4 N–H and O–H groups in total. The molecule has 0 spiro atoms. The first-order chi connectivity index (χ1) is 35.1. The van der Waals surface area contributed by atoms with Crippen LogP contribution in [-0.2, 0) is 6.42 Å². The fourth-order valence-electron chi connectivity index (χ4n) is 11.4. The van der Waals surface area contributed by atoms with Crippen LogP contribution < -0.4 is 20.1 Å². The van der Waals surface area contributed by atoms with Gasteiger partial charge in [-0.2, -0.15) is 5.26 Å². The van der Waals surface area contributed by atoms with Crippen LogP contribution in [0.25, 0.3) is 0 Å². The van der Waals surface area contributed by atoms with E-state index in [1.54, 1.807) is 30.3 Å². The summed E-state index contributed by atoms with van der Waals surface area (Å²) in [5, 5.41) is 40.8. The molecule has 0 bridgehead atoms. The van der Waals surface area contributed by atoms with Crippen LogP contribution in [0.1, 0.15) is 189 Å². The SMILES string of the molecule is CCCCc1ccc(Nc2cc(Oc3ccc(C4CCC(CCCC)CC4)cc3)c(O)c3c2C(=O)c2c(O)c(Oc4ccc(C5CCC(CCCC)CC5)cc4)cc(Nc4cccc(C#N)c4)c2C3=O)cc1. The molecule has 0 atom stereocenters. The monoisotopic (exact) mass is 964 g/mol. The second kappa shape index (κ2) is 23.0. The lowest BCUT2D eigenvalue weighted by Crippen LogP contribution is -2.24. The summed E-state index contributed by atoms with van der Waals surface area (Å²) in [6.45, 7) is 6.66. The minimum Gasteiger partial charge on any atom is -0.504 e. The summed E-state index contributed by atoms with van der Waals surface area (Å²) in [5.74, 6) is 0.981. The first-order valence-corrected chi connectivity index (χ1v) is 26.7. The second-order valence-corrected chi connectivity index (χ2v) is 20.5. The number of hydrogen-bond donors (Lipinski definition) is 4. The largest absolute Gasteiger partial charge is 0.504 e. The van der Waals surface area contributed by atoms with Gasteiger partial charge in [-0.3, -0.25) is 9.59 Å². The molecule has 9 rings (SSSR count). The molecule has 0 radical (unpaired) electrons. The minimum atomic E-state index is -0.708. The van der Waals surface area contributed by atoms with Crippen LogP contribution in [-0.4, -0.2) is 21.8 Å². The van der Waals surface area contributed by atoms with Gasteiger partial charge in [0.2, 0.25) is 11.6 Å². The topological polar surface area (TPSA) is 141 Å². The molecule has 9 heteroatoms. The van der Waals surface area contributed by atoms with E-state index in [4.69, 9.17) is 9.47 Å². The Labute approximate surface area is 425 Å². The van der Waals surface area contributed by atoms with Gasteiger partial charge in [0, 0.05) is 23.5 Å². The van der Waals surface area contributed by atoms with E-state index in [9.17, 15) is 15.5 Å². The molecule has 6 aromatic carbocycles. The van der Waals surface area contributed by atoms with Crippen molar-refractivity contribution in [3.05, 3.63) is 154 Å². The van der Waals surface area contributed by atoms with Crippen molar-refractivity contribution in [2.45, 2.75) is 142 Å². The Hall–Kier alpha value is -7.05. The van der Waals surface area contributed by atoms with Crippen LogP contribution in [0.5, 0.6) is 34.5 Å². The summed E-state index contributed by atoms with van der Waals surface area (Å²) in [6.07, 6.45) is 20.2. The number of carbonyl (C=O) groups excluding carboxylic acids is 2. The highest BCUT2D eigenvalue weighted by Crippen LogP contribution is 2.51. The molecule has 72 heavy (non-hydrogen) atoms. The molecule has 2 fully saturated rings. The van der Waals surface area contributed by atoms with Crippen molar-refractivity contribution in [3.63, 3.8) is 0 Å². The molecule has 0 aliphatic heterocycles. The van der Waals surface area contributed by atoms with Gasteiger partial charge >= 0.3 is 0 Å². The van der Waals surface area contributed by atoms with Crippen molar-refractivity contribution in [2.24, 2.45) is 11.8 Å². The second-order valence-electron chi connectivity index (χ2n) is 20.5. The molecule has 0 saturated heterocycles. The number of nitriles is 1. The smallest absolute Gasteiger partial charge is 0.200 e. The van der Waals surface area contributed by atoms with E-state index >= 15 is 9.59 Å². The number of fused-ring (bicyclic) bond motifs is 2. The predicted octanol–water partition coefficient (Wildman–Crippen LogP) is 17.1. The van der Waals surface area contributed by atoms with Crippen LogP contribution in [0.2, 0.25) is 0 Å². The van der Waals surface area contributed by atoms with E-state index in [0.717, 1.165) is 56.8 Å². The zero-order valence-corrected chi connectivity index (χ0v) is 42.2. The van der Waals surface area contributed by atoms with E-state index in [0.29, 0.717) is 40.3 Å². The number of phenolic OH excluding ortho intramolecular Hbond substituents is 2. The average Bonchev–Trinajstić information content (AvgIpc) is 3.41. The standard InChI is InChI=1S/C63H69N3O6/c1-4-7-11-40-16-22-44(23-17-40)46-26-32-50(33-27-46)71-54-37-52(65-48-30-20-42(21-31-48)13-9-6-3)56-58(60(54)67)63(70)57-53(66-49-15-10-14-43(36-49)39-64)38-55(61(68)59(57)62(56)69)72-51-34-28-47(29-35-51)45-24-18-41(19-25-45)12-8-5-2/h10,14-15,20-21,26-38,40-41,44-45,65-68H,4-9,11-13,16-19,22-25H2,1-3H3. The van der Waals surface area contributed by atoms with Crippen LogP contribution in [0.4, 0.5) is 22.7 Å². The predicted molar refractivity (Wildman–Crippen MR) is 287 cm³/mol. The Kier molecular flexibility index (Phi) is 15.9. The quantitative estimate of drug-likeness (QED) is 0.0583. The highest BCUT2D eigenvalue weighted by atomic mass is 16.5. The summed E-state index contributed by atoms with van der Waals surface area (Å²) >= 11 is 0. The average molecular weight is 964 g/mol. The summed E-state index contributed by atoms with van der Waals surface area (Å²) in [6, 6.07) is 35.7. The number of nitrogens with zero attached hydrogens (tertiary/aromatic N) is 1. The van der Waals surface area contributed by atoms with E-state index in [2.05, 4.69) is 61.7 Å². The number of benzene rings is 6. The van der Waals surface area contributed by atoms with Crippen LogP contribution >= 0.6 is 0 Å². The molecule has 6 aromatic rings. The number of aromatic hydroxyl groups is 2. The summed E-state index contributed by atoms with van der Waals surface area (Å²) in [4.78, 5) is 30.6. The third kappa shape index (κ3) is 11.2. The van der Waals surface area contributed by atoms with E-state index < -0.39 is 23.1 Å². The molecule has 0 aromatic heterocycles. The van der Waals surface area contributed by atoms with Gasteiger partial charge in [0.1, 0.15) is 11.5 Å². The molecule has 9 nitrogen and oxygen atoms in total. The number of unbranched alkanes of at least 4 members (excludes halogenated alkanes) is 3. The lowest BCUT2D eigenvalue weighted by Gasteiger charge is -2.29. The number of ketones is 2. The van der Waals surface area contributed by atoms with E-state index in [1.165, 1.54) is 87.0 Å². The van der Waals surface area contributed by atoms with Gasteiger partial charge in [-0.25, -0.2) is 0 Å². The van der Waals surface area contributed by atoms with E-state index in [1.807, 2.05) is 48.5 Å². The van der Waals surface area contributed by atoms with Gasteiger partial charge in [0.25, 0.3) is 0 Å². The minimum absolute atomic E-state index is 0.0158. The molecule has 3 aliphatic carbocycles. The van der Waals surface area contributed by atoms with Gasteiger partial charge in [-0.05, 0) is 159 Å². The van der Waals surface area contributed by atoms with Gasteiger partial charge in [-0.15, -0.1) is 0 Å². The lowest BCUT2D eigenvalue weighted by atomic mass is 9.77. The molecular weight excluding hydrogens is 895 g/mol. The number of hydrogen-bond acceptors (Lipinski definition) is 9. The Bertz CT molecular complexity index is 2900. The Morgan fingerprint density at radius 3 is 1.44 bits per heavy atom. The highest BCUT2D eigenvalue weighted by molar-refractivity contribution is 6.34. The zero-order valence-electron chi connectivity index (χ0n) is 42.2. The molecule has 2 saturated carbocycles. The van der Waals surface area contributed by atoms with Gasteiger partial charge < -0.3 is 30.3 Å². The maximum absolute atomic E-state index is 15.3. The van der Waals surface area contributed by atoms with Gasteiger partial charge in [0.05, 0.1) is 45.3 Å². The Morgan fingerprint density at radius 2 is 1.00 bits per heavy atom. The number of ether oxygens (including phenoxy) is 2. The number of carbonyl (C=O) groups is 2. The maximum atomic E-state index is 15.3. The van der Waals surface area contributed by atoms with Crippen molar-refractivity contribution >= 4 is 34.3 Å². The number of phenols is 2. The molecule has 0 unspecified atom stereocenters. The molecule has 0 amide bonds. The number of anilines is 4. The number of rotatable bonds is 19. The van der Waals surface area contributed by atoms with Crippen molar-refractivity contribution in [2.75, 3.05) is 10.6 Å². The molecular formula is C63H69N3O6. The van der Waals surface area contributed by atoms with Gasteiger partial charge in [-0.1, -0.05) is 108 Å². The third-order valence-corrected chi connectivity index (χ3v) is 15.5. The van der Waals surface area contributed by atoms with E-state index in [-0.39, 0.29) is 45.1 Å². The third-order valence-electron chi connectivity index (χ3n) is 15.5. The van der Waals surface area contributed by atoms with Crippen molar-refractivity contribution < 1.29 is 29.3 Å². The van der Waals surface area contributed by atoms with Crippen molar-refractivity contribution in [1.29, 1.82) is 5.26 Å². The number of nitrogens with one attached hydrogen (secondary N) is 2. The molecule has 372 valence electrons.